The van der Waals surface area contributed by atoms with E-state index in [0.29, 0.717) is 0 Å². The van der Waals surface area contributed by atoms with Crippen LogP contribution in [-0.4, -0.2) is 62.0 Å². The van der Waals surface area contributed by atoms with Gasteiger partial charge in [0.2, 0.25) is 0 Å². The molecule has 0 aliphatic carbocycles. The Morgan fingerprint density at radius 3 is 1.37 bits per heavy atom. The molecule has 0 radical (unpaired) electrons. The van der Waals surface area contributed by atoms with Gasteiger partial charge in [0.1, 0.15) is 0 Å². The molecule has 0 aromatic rings. The normalized spacial score (nSPS) is 11.1. The Bertz CT molecular complexity index is 441. The van der Waals surface area contributed by atoms with Gasteiger partial charge in [-0.05, 0) is 0 Å². The molecule has 0 heterocycles. The van der Waals surface area contributed by atoms with E-state index in [0.717, 1.165) is 0 Å². The molecule has 11 heteroatoms. The quantitative estimate of drug-likeness (QED) is 0.482. The Morgan fingerprint density at radius 2 is 1.21 bits per heavy atom. The fourth-order valence-electron chi connectivity index (χ4n) is 0.401. The molecule has 0 saturated carbocycles. The summed E-state index contributed by atoms with van der Waals surface area (Å²) in [6, 6.07) is 0. The molecular formula is C8H6CaF2O6P2. The van der Waals surface area contributed by atoms with Gasteiger partial charge in [0.05, 0.1) is 0 Å². The molecule has 19 heavy (non-hydrogen) atoms. The van der Waals surface area contributed by atoms with Crippen molar-refractivity contribution in [2.75, 3.05) is 0 Å². The second-order valence-electron chi connectivity index (χ2n) is 2.48. The van der Waals surface area contributed by atoms with E-state index in [1.165, 1.54) is 0 Å². The smallest absolute Gasteiger partial charge is 2.00 e. The third-order valence-corrected chi connectivity index (χ3v) is 1.80. The Morgan fingerprint density at radius 1 is 0.947 bits per heavy atom. The number of carbonyl (C=O) groups excluding carboxylic acids is 2. The zero-order valence-corrected chi connectivity index (χ0v) is 13.4. The predicted octanol–water partition coefficient (Wildman–Crippen LogP) is -0.950. The van der Waals surface area contributed by atoms with Gasteiger partial charge in [0, 0.05) is 0 Å². The van der Waals surface area contributed by atoms with Gasteiger partial charge >= 0.3 is 140 Å². The van der Waals surface area contributed by atoms with Crippen molar-refractivity contribution in [3.8, 4) is 11.3 Å². The molecule has 0 amide bonds. The molecule has 0 fully saturated rings. The van der Waals surface area contributed by atoms with E-state index in [9.17, 15) is 37.7 Å². The van der Waals surface area contributed by atoms with E-state index < -0.39 is 53.0 Å². The summed E-state index contributed by atoms with van der Waals surface area (Å²) in [5.41, 5.74) is 3.90. The van der Waals surface area contributed by atoms with E-state index in [2.05, 4.69) is 0 Å². The molecule has 0 aliphatic rings. The van der Waals surface area contributed by atoms with Crippen LogP contribution < -0.4 is 10.2 Å². The molecule has 0 aromatic heterocycles. The van der Waals surface area contributed by atoms with E-state index in [4.69, 9.17) is 0 Å². The van der Waals surface area contributed by atoms with Crippen molar-refractivity contribution >= 4 is 65.5 Å². The van der Waals surface area contributed by atoms with Gasteiger partial charge < -0.3 is 0 Å². The van der Waals surface area contributed by atoms with Crippen LogP contribution in [0.15, 0.2) is 0 Å². The standard InChI is InChI=1S/2C4H4FO3P.Ca/c2*5-3(4(6)7)1-2-9-8;/h2*3H,1H2,(H,6,7);/q;;+2/p-2. The van der Waals surface area contributed by atoms with Gasteiger partial charge in [-0.25, -0.2) is 0 Å². The molecule has 0 bridgehead atoms. The Balaban J connectivity index is -0.000000256. The molecule has 6 nitrogen and oxygen atoms in total. The van der Waals surface area contributed by atoms with Gasteiger partial charge in [-0.2, -0.15) is 0 Å². The molecule has 0 spiro atoms. The zero-order valence-electron chi connectivity index (χ0n) is 9.38. The third-order valence-electron chi connectivity index (χ3n) is 1.18. The molecule has 0 saturated heterocycles. The van der Waals surface area contributed by atoms with Crippen LogP contribution in [0, 0.1) is 11.3 Å². The van der Waals surface area contributed by atoms with Gasteiger partial charge in [-0.3, -0.25) is 0 Å². The monoisotopic (exact) mass is 338 g/mol. The van der Waals surface area contributed by atoms with Crippen molar-refractivity contribution < 1.29 is 37.7 Å². The molecule has 0 rings (SSSR count). The second-order valence-corrected chi connectivity index (χ2v) is 3.48. The summed E-state index contributed by atoms with van der Waals surface area (Å²) >= 11 is 0. The molecule has 0 N–H and O–H groups in total. The number of carboxylic acids is 2. The van der Waals surface area contributed by atoms with Crippen molar-refractivity contribution in [2.24, 2.45) is 0 Å². The van der Waals surface area contributed by atoms with Crippen LogP contribution in [0.1, 0.15) is 12.8 Å². The van der Waals surface area contributed by atoms with Gasteiger partial charge in [-0.15, -0.1) is 0 Å². The van der Waals surface area contributed by atoms with E-state index in [1.807, 2.05) is 11.3 Å². The van der Waals surface area contributed by atoms with E-state index in [-0.39, 0.29) is 37.7 Å². The summed E-state index contributed by atoms with van der Waals surface area (Å²) in [7, 11) is -0.972. The van der Waals surface area contributed by atoms with E-state index >= 15 is 0 Å². The summed E-state index contributed by atoms with van der Waals surface area (Å²) in [5.74, 6) is -3.60. The molecule has 2 atom stereocenters. The number of hydrogen-bond acceptors (Lipinski definition) is 6. The zero-order chi connectivity index (χ0) is 14.6. The van der Waals surface area contributed by atoms with Crippen LogP contribution in [0.3, 0.4) is 0 Å². The molecular weight excluding hydrogens is 332 g/mol. The van der Waals surface area contributed by atoms with Crippen molar-refractivity contribution in [3.63, 3.8) is 0 Å². The van der Waals surface area contributed by atoms with Gasteiger partial charge in [-0.1, -0.05) is 0 Å². The Kier molecular flexibility index (Phi) is 20.5. The van der Waals surface area contributed by atoms with Crippen LogP contribution >= 0.6 is 15.8 Å². The number of rotatable bonds is 4. The van der Waals surface area contributed by atoms with E-state index in [1.54, 1.807) is 0 Å². The minimum absolute atomic E-state index is 0. The topological polar surface area (TPSA) is 114 Å². The predicted molar refractivity (Wildman–Crippen MR) is 57.8 cm³/mol. The maximum Gasteiger partial charge on any atom is 2.00 e. The van der Waals surface area contributed by atoms with Crippen LogP contribution in [0.2, 0.25) is 0 Å². The summed E-state index contributed by atoms with van der Waals surface area (Å²) < 4.78 is 42.8. The van der Waals surface area contributed by atoms with Crippen molar-refractivity contribution in [1.82, 2.24) is 0 Å². The second kappa shape index (κ2) is 16.1. The SMILES string of the molecule is O=P#CCC(F)C(=O)[O-].O=P#CCC(F)C(=O)[O-].[Ca+2]. The maximum atomic E-state index is 11.8. The first-order chi connectivity index (χ1) is 8.36. The third kappa shape index (κ3) is 18.1. The Labute approximate surface area is 139 Å². The van der Waals surface area contributed by atoms with Crippen molar-refractivity contribution in [1.29, 1.82) is 0 Å². The van der Waals surface area contributed by atoms with Crippen LogP contribution in [0.25, 0.3) is 0 Å². The summed E-state index contributed by atoms with van der Waals surface area (Å²) in [4.78, 5) is 19.1. The number of halogens is 2. The minimum atomic E-state index is -2.09. The minimum Gasteiger partial charge on any atom is 2.00 e. The fourth-order valence-corrected chi connectivity index (χ4v) is 0.871. The molecule has 100 valence electrons. The Hall–Kier alpha value is 0.0797. The number of carboxylic acid groups (broad SMARTS) is 2. The number of hydrogen-bond donors (Lipinski definition) is 0. The average molecular weight is 338 g/mol. The van der Waals surface area contributed by atoms with Crippen LogP contribution in [0.5, 0.6) is 0 Å². The number of carbonyl (C=O) groups is 2. The van der Waals surface area contributed by atoms with Crippen molar-refractivity contribution in [2.45, 2.75) is 25.2 Å². The molecule has 2 unspecified atom stereocenters. The summed E-state index contributed by atoms with van der Waals surface area (Å²) in [6.07, 6.45) is -5.17. The molecule has 0 aromatic carbocycles. The summed E-state index contributed by atoms with van der Waals surface area (Å²) in [6.45, 7) is 0. The maximum absolute atomic E-state index is 11.8. The largest absolute Gasteiger partial charge is 2.00 e. The fraction of sp³-hybridized carbons (Fsp3) is 0.500. The first kappa shape index (κ1) is 24.1. The van der Waals surface area contributed by atoms with Crippen LogP contribution in [-0.2, 0) is 18.7 Å². The first-order valence-electron chi connectivity index (χ1n) is 4.17. The number of alkyl halides is 2. The number of aliphatic carboxylic acids is 2. The van der Waals surface area contributed by atoms with Gasteiger partial charge in [0.15, 0.2) is 0 Å². The van der Waals surface area contributed by atoms with Crippen LogP contribution in [0.4, 0.5) is 8.78 Å². The first-order valence-corrected chi connectivity index (χ1v) is 5.79. The van der Waals surface area contributed by atoms with Crippen molar-refractivity contribution in [3.05, 3.63) is 0 Å². The summed E-state index contributed by atoms with van der Waals surface area (Å²) in [5, 5.41) is 19.1. The molecule has 0 aliphatic heterocycles. The van der Waals surface area contributed by atoms with Gasteiger partial charge in [0.25, 0.3) is 0 Å². The average Bonchev–Trinajstić information content (AvgIpc) is 2.33.